The van der Waals surface area contributed by atoms with Crippen LogP contribution in [0.25, 0.3) is 0 Å². The van der Waals surface area contributed by atoms with Gasteiger partial charge in [0.15, 0.2) is 0 Å². The van der Waals surface area contributed by atoms with Crippen LogP contribution >= 0.6 is 0 Å². The summed E-state index contributed by atoms with van der Waals surface area (Å²) < 4.78 is 10.9. The molecule has 1 aromatic carbocycles. The largest absolute Gasteiger partial charge is 0.475 e. The highest BCUT2D eigenvalue weighted by atomic mass is 16.6. The highest BCUT2D eigenvalue weighted by Crippen LogP contribution is 2.38. The van der Waals surface area contributed by atoms with Crippen LogP contribution in [-0.4, -0.2) is 18.2 Å². The van der Waals surface area contributed by atoms with E-state index >= 15 is 0 Å². The van der Waals surface area contributed by atoms with Gasteiger partial charge in [-0.15, -0.1) is 0 Å². The Balaban J connectivity index is 2.29. The van der Waals surface area contributed by atoms with Gasteiger partial charge in [-0.25, -0.2) is 4.79 Å². The first-order chi connectivity index (χ1) is 8.11. The van der Waals surface area contributed by atoms with Gasteiger partial charge in [0.05, 0.1) is 6.61 Å². The Hall–Kier alpha value is -1.71. The zero-order valence-electron chi connectivity index (χ0n) is 10.2. The first kappa shape index (κ1) is 11.8. The zero-order chi connectivity index (χ0) is 12.5. The van der Waals surface area contributed by atoms with Crippen molar-refractivity contribution in [1.29, 1.82) is 0 Å². The van der Waals surface area contributed by atoms with Gasteiger partial charge in [-0.3, -0.25) is 0 Å². The van der Waals surface area contributed by atoms with Gasteiger partial charge in [0.2, 0.25) is 5.60 Å². The number of nitrogen functional groups attached to an aromatic ring is 1. The molecule has 1 aliphatic rings. The van der Waals surface area contributed by atoms with E-state index in [0.717, 1.165) is 11.3 Å². The number of carbonyl (C=O) groups is 1. The van der Waals surface area contributed by atoms with Gasteiger partial charge in [0, 0.05) is 17.7 Å². The number of benzene rings is 1. The molecule has 17 heavy (non-hydrogen) atoms. The maximum Gasteiger partial charge on any atom is 0.350 e. The van der Waals surface area contributed by atoms with Gasteiger partial charge in [-0.1, -0.05) is 6.92 Å². The second-order valence-corrected chi connectivity index (χ2v) is 4.21. The van der Waals surface area contributed by atoms with Crippen molar-refractivity contribution in [2.45, 2.75) is 32.3 Å². The summed E-state index contributed by atoms with van der Waals surface area (Å²) in [4.78, 5) is 12.0. The van der Waals surface area contributed by atoms with Crippen LogP contribution in [-0.2, 0) is 16.0 Å². The van der Waals surface area contributed by atoms with Crippen LogP contribution in [0.5, 0.6) is 5.75 Å². The summed E-state index contributed by atoms with van der Waals surface area (Å²) in [5.74, 6) is 0.436. The number of nitrogens with two attached hydrogens (primary N) is 1. The lowest BCUT2D eigenvalue weighted by Gasteiger charge is -2.24. The van der Waals surface area contributed by atoms with E-state index in [-0.39, 0.29) is 5.97 Å². The summed E-state index contributed by atoms with van der Waals surface area (Å²) >= 11 is 0. The van der Waals surface area contributed by atoms with E-state index in [1.54, 1.807) is 19.1 Å². The molecule has 0 aliphatic carbocycles. The number of hydrogen-bond acceptors (Lipinski definition) is 4. The van der Waals surface area contributed by atoms with E-state index in [2.05, 4.69) is 0 Å². The molecule has 0 amide bonds. The Bertz CT molecular complexity index is 444. The van der Waals surface area contributed by atoms with E-state index in [0.29, 0.717) is 25.1 Å². The smallest absolute Gasteiger partial charge is 0.350 e. The highest BCUT2D eigenvalue weighted by molar-refractivity contribution is 5.82. The molecular weight excluding hydrogens is 218 g/mol. The van der Waals surface area contributed by atoms with Gasteiger partial charge in [0.25, 0.3) is 0 Å². The molecule has 0 radical (unpaired) electrons. The van der Waals surface area contributed by atoms with Gasteiger partial charge >= 0.3 is 5.97 Å². The fourth-order valence-corrected chi connectivity index (χ4v) is 2.11. The SMILES string of the molecule is CCOC(=O)C1(CC)Cc2cc(N)ccc2O1. The van der Waals surface area contributed by atoms with Crippen molar-refractivity contribution in [2.24, 2.45) is 0 Å². The monoisotopic (exact) mass is 235 g/mol. The van der Waals surface area contributed by atoms with Crippen molar-refractivity contribution in [2.75, 3.05) is 12.3 Å². The number of ether oxygens (including phenoxy) is 2. The average molecular weight is 235 g/mol. The third-order valence-corrected chi connectivity index (χ3v) is 3.08. The molecule has 2 rings (SSSR count). The summed E-state index contributed by atoms with van der Waals surface area (Å²) in [5.41, 5.74) is 6.51. The minimum Gasteiger partial charge on any atom is -0.475 e. The van der Waals surface area contributed by atoms with Crippen LogP contribution < -0.4 is 10.5 Å². The van der Waals surface area contributed by atoms with Crippen molar-refractivity contribution in [1.82, 2.24) is 0 Å². The fourth-order valence-electron chi connectivity index (χ4n) is 2.11. The van der Waals surface area contributed by atoms with Crippen LogP contribution in [0, 0.1) is 0 Å². The molecule has 1 aliphatic heterocycles. The van der Waals surface area contributed by atoms with E-state index < -0.39 is 5.60 Å². The molecule has 0 aromatic heterocycles. The van der Waals surface area contributed by atoms with Crippen LogP contribution in [0.15, 0.2) is 18.2 Å². The molecule has 1 heterocycles. The van der Waals surface area contributed by atoms with Gasteiger partial charge in [0.1, 0.15) is 5.75 Å². The summed E-state index contributed by atoms with van der Waals surface area (Å²) in [6.45, 7) is 4.08. The molecule has 1 atom stereocenters. The maximum absolute atomic E-state index is 12.0. The molecule has 0 fully saturated rings. The van der Waals surface area contributed by atoms with Crippen LogP contribution in [0.2, 0.25) is 0 Å². The van der Waals surface area contributed by atoms with Crippen molar-refractivity contribution in [3.05, 3.63) is 23.8 Å². The van der Waals surface area contributed by atoms with Crippen molar-refractivity contribution in [3.8, 4) is 5.75 Å². The molecule has 0 saturated carbocycles. The Kier molecular flexibility index (Phi) is 2.96. The first-order valence-electron chi connectivity index (χ1n) is 5.86. The minimum absolute atomic E-state index is 0.294. The van der Waals surface area contributed by atoms with Gasteiger partial charge in [-0.2, -0.15) is 0 Å². The van der Waals surface area contributed by atoms with Crippen molar-refractivity contribution in [3.63, 3.8) is 0 Å². The topological polar surface area (TPSA) is 61.5 Å². The summed E-state index contributed by atoms with van der Waals surface area (Å²) in [7, 11) is 0. The quantitative estimate of drug-likeness (QED) is 0.642. The fraction of sp³-hybridized carbons (Fsp3) is 0.462. The average Bonchev–Trinajstić information content (AvgIpc) is 2.68. The van der Waals surface area contributed by atoms with E-state index in [1.165, 1.54) is 0 Å². The molecule has 4 nitrogen and oxygen atoms in total. The molecule has 92 valence electrons. The lowest BCUT2D eigenvalue weighted by molar-refractivity contribution is -0.160. The molecule has 1 aromatic rings. The first-order valence-corrected chi connectivity index (χ1v) is 5.86. The Morgan fingerprint density at radius 1 is 1.53 bits per heavy atom. The van der Waals surface area contributed by atoms with E-state index in [9.17, 15) is 4.79 Å². The molecule has 0 spiro atoms. The molecule has 4 heteroatoms. The number of anilines is 1. The Labute approximate surface area is 101 Å². The third kappa shape index (κ3) is 1.95. The summed E-state index contributed by atoms with van der Waals surface area (Å²) in [6, 6.07) is 5.43. The number of fused-ring (bicyclic) bond motifs is 1. The highest BCUT2D eigenvalue weighted by Gasteiger charge is 2.46. The van der Waals surface area contributed by atoms with Crippen LogP contribution in [0.1, 0.15) is 25.8 Å². The van der Waals surface area contributed by atoms with Crippen molar-refractivity contribution < 1.29 is 14.3 Å². The Morgan fingerprint density at radius 3 is 2.94 bits per heavy atom. The second kappa shape index (κ2) is 4.28. The summed E-state index contributed by atoms with van der Waals surface area (Å²) in [6.07, 6.45) is 1.11. The minimum atomic E-state index is -0.869. The normalized spacial score (nSPS) is 21.8. The number of hydrogen-bond donors (Lipinski definition) is 1. The van der Waals surface area contributed by atoms with Crippen LogP contribution in [0.3, 0.4) is 0 Å². The predicted molar refractivity (Wildman–Crippen MR) is 64.8 cm³/mol. The number of carbonyl (C=O) groups excluding carboxylic acids is 1. The molecule has 2 N–H and O–H groups in total. The lowest BCUT2D eigenvalue weighted by Crippen LogP contribution is -2.44. The molecule has 0 saturated heterocycles. The van der Waals surface area contributed by atoms with Crippen LogP contribution in [0.4, 0.5) is 5.69 Å². The third-order valence-electron chi connectivity index (χ3n) is 3.08. The van der Waals surface area contributed by atoms with E-state index in [4.69, 9.17) is 15.2 Å². The van der Waals surface area contributed by atoms with E-state index in [1.807, 2.05) is 13.0 Å². The molecular formula is C13H17NO3. The molecule has 0 bridgehead atoms. The number of rotatable bonds is 3. The standard InChI is InChI=1S/C13H17NO3/c1-3-13(12(15)16-4-2)8-9-7-10(14)5-6-11(9)17-13/h5-7H,3-4,8,14H2,1-2H3. The molecule has 1 unspecified atom stereocenters. The van der Waals surface area contributed by atoms with Gasteiger partial charge in [-0.05, 0) is 31.5 Å². The maximum atomic E-state index is 12.0. The van der Waals surface area contributed by atoms with Crippen molar-refractivity contribution >= 4 is 11.7 Å². The Morgan fingerprint density at radius 2 is 2.29 bits per heavy atom. The zero-order valence-corrected chi connectivity index (χ0v) is 10.2. The van der Waals surface area contributed by atoms with Gasteiger partial charge < -0.3 is 15.2 Å². The second-order valence-electron chi connectivity index (χ2n) is 4.21. The number of esters is 1. The summed E-state index contributed by atoms with van der Waals surface area (Å²) in [5, 5.41) is 0. The predicted octanol–water partition coefficient (Wildman–Crippen LogP) is 1.92. The lowest BCUT2D eigenvalue weighted by atomic mass is 9.94.